The second-order valence-corrected chi connectivity index (χ2v) is 4.67. The first-order valence-electron chi connectivity index (χ1n) is 6.20. The maximum absolute atomic E-state index is 13.4. The lowest BCUT2D eigenvalue weighted by molar-refractivity contribution is 0.0927. The molecule has 1 aliphatic carbocycles. The van der Waals surface area contributed by atoms with E-state index in [1.54, 1.807) is 18.2 Å². The van der Waals surface area contributed by atoms with E-state index in [1.807, 2.05) is 6.92 Å². The van der Waals surface area contributed by atoms with Gasteiger partial charge >= 0.3 is 0 Å². The second kappa shape index (κ2) is 5.41. The highest BCUT2D eigenvalue weighted by molar-refractivity contribution is 5.97. The maximum atomic E-state index is 13.4. The van der Waals surface area contributed by atoms with Crippen LogP contribution in [0.15, 0.2) is 24.3 Å². The number of rotatable bonds is 6. The third kappa shape index (κ3) is 3.37. The molecule has 1 aromatic carbocycles. The SMILES string of the molecule is CCN(CC(=O)c1ccccc1F)CC1CC1. The van der Waals surface area contributed by atoms with Crippen molar-refractivity contribution in [2.45, 2.75) is 19.8 Å². The summed E-state index contributed by atoms with van der Waals surface area (Å²) in [6.07, 6.45) is 2.54. The van der Waals surface area contributed by atoms with Crippen LogP contribution in [0.25, 0.3) is 0 Å². The van der Waals surface area contributed by atoms with Crippen LogP contribution < -0.4 is 0 Å². The van der Waals surface area contributed by atoms with Gasteiger partial charge in [-0.15, -0.1) is 0 Å². The molecular formula is C14H18FNO. The summed E-state index contributed by atoms with van der Waals surface area (Å²) in [6, 6.07) is 6.20. The van der Waals surface area contributed by atoms with Gasteiger partial charge in [0.05, 0.1) is 12.1 Å². The summed E-state index contributed by atoms with van der Waals surface area (Å²) in [5, 5.41) is 0. The van der Waals surface area contributed by atoms with Gasteiger partial charge in [0.25, 0.3) is 0 Å². The van der Waals surface area contributed by atoms with Crippen LogP contribution in [0.1, 0.15) is 30.1 Å². The lowest BCUT2D eigenvalue weighted by Crippen LogP contribution is -2.32. The molecule has 0 saturated heterocycles. The first-order valence-corrected chi connectivity index (χ1v) is 6.20. The van der Waals surface area contributed by atoms with Gasteiger partial charge in [-0.2, -0.15) is 0 Å². The number of likely N-dealkylation sites (N-methyl/N-ethyl adjacent to an activating group) is 1. The van der Waals surface area contributed by atoms with E-state index in [4.69, 9.17) is 0 Å². The fraction of sp³-hybridized carbons (Fsp3) is 0.500. The smallest absolute Gasteiger partial charge is 0.179 e. The Morgan fingerprint density at radius 3 is 2.71 bits per heavy atom. The molecule has 0 aliphatic heterocycles. The lowest BCUT2D eigenvalue weighted by atomic mass is 10.1. The highest BCUT2D eigenvalue weighted by Gasteiger charge is 2.25. The normalized spacial score (nSPS) is 15.2. The van der Waals surface area contributed by atoms with Crippen molar-refractivity contribution >= 4 is 5.78 Å². The van der Waals surface area contributed by atoms with Gasteiger partial charge < -0.3 is 0 Å². The number of hydrogen-bond acceptors (Lipinski definition) is 2. The van der Waals surface area contributed by atoms with E-state index in [0.717, 1.165) is 19.0 Å². The zero-order valence-electron chi connectivity index (χ0n) is 10.2. The summed E-state index contributed by atoms with van der Waals surface area (Å²) in [5.41, 5.74) is 0.210. The molecule has 0 heterocycles. The Morgan fingerprint density at radius 2 is 2.12 bits per heavy atom. The number of nitrogens with zero attached hydrogens (tertiary/aromatic N) is 1. The third-order valence-electron chi connectivity index (χ3n) is 3.20. The van der Waals surface area contributed by atoms with Gasteiger partial charge in [-0.3, -0.25) is 9.69 Å². The van der Waals surface area contributed by atoms with Gasteiger partial charge in [-0.1, -0.05) is 19.1 Å². The number of halogens is 1. The van der Waals surface area contributed by atoms with Crippen LogP contribution in [0.4, 0.5) is 4.39 Å². The minimum atomic E-state index is -0.417. The molecule has 0 amide bonds. The Labute approximate surface area is 101 Å². The van der Waals surface area contributed by atoms with Crippen molar-refractivity contribution in [3.63, 3.8) is 0 Å². The zero-order valence-corrected chi connectivity index (χ0v) is 10.2. The van der Waals surface area contributed by atoms with Crippen LogP contribution in [0, 0.1) is 11.7 Å². The summed E-state index contributed by atoms with van der Waals surface area (Å²) in [6.45, 7) is 4.18. The van der Waals surface area contributed by atoms with Gasteiger partial charge in [-0.05, 0) is 37.4 Å². The molecule has 0 bridgehead atoms. The Balaban J connectivity index is 1.97. The third-order valence-corrected chi connectivity index (χ3v) is 3.20. The number of hydrogen-bond donors (Lipinski definition) is 0. The Kier molecular flexibility index (Phi) is 3.89. The molecular weight excluding hydrogens is 217 g/mol. The molecule has 0 spiro atoms. The predicted octanol–water partition coefficient (Wildman–Crippen LogP) is 2.74. The van der Waals surface area contributed by atoms with Crippen molar-refractivity contribution < 1.29 is 9.18 Å². The lowest BCUT2D eigenvalue weighted by Gasteiger charge is -2.19. The Morgan fingerprint density at radius 1 is 1.41 bits per heavy atom. The van der Waals surface area contributed by atoms with Gasteiger partial charge in [0.1, 0.15) is 5.82 Å². The highest BCUT2D eigenvalue weighted by Crippen LogP contribution is 2.29. The molecule has 0 aromatic heterocycles. The molecule has 17 heavy (non-hydrogen) atoms. The van der Waals surface area contributed by atoms with Crippen LogP contribution in [-0.2, 0) is 0 Å². The van der Waals surface area contributed by atoms with Crippen molar-refractivity contribution in [3.05, 3.63) is 35.6 Å². The molecule has 2 nitrogen and oxygen atoms in total. The molecule has 1 aromatic rings. The minimum absolute atomic E-state index is 0.120. The molecule has 92 valence electrons. The van der Waals surface area contributed by atoms with E-state index in [9.17, 15) is 9.18 Å². The molecule has 0 atom stereocenters. The quantitative estimate of drug-likeness (QED) is 0.707. The van der Waals surface area contributed by atoms with Crippen LogP contribution in [0.2, 0.25) is 0 Å². The first kappa shape index (κ1) is 12.2. The molecule has 1 saturated carbocycles. The average molecular weight is 235 g/mol. The molecule has 0 unspecified atom stereocenters. The topological polar surface area (TPSA) is 20.3 Å². The minimum Gasteiger partial charge on any atom is -0.296 e. The number of benzene rings is 1. The van der Waals surface area contributed by atoms with E-state index in [1.165, 1.54) is 18.9 Å². The van der Waals surface area contributed by atoms with E-state index < -0.39 is 5.82 Å². The van der Waals surface area contributed by atoms with Crippen molar-refractivity contribution in [1.82, 2.24) is 4.90 Å². The van der Waals surface area contributed by atoms with Crippen LogP contribution in [0.3, 0.4) is 0 Å². The molecule has 2 rings (SSSR count). The summed E-state index contributed by atoms with van der Waals surface area (Å²) >= 11 is 0. The average Bonchev–Trinajstić information content (AvgIpc) is 3.12. The standard InChI is InChI=1S/C14H18FNO/c1-2-16(9-11-7-8-11)10-14(17)12-5-3-4-6-13(12)15/h3-6,11H,2,7-10H2,1H3. The second-order valence-electron chi connectivity index (χ2n) is 4.67. The molecule has 1 fully saturated rings. The summed E-state index contributed by atoms with van der Waals surface area (Å²) < 4.78 is 13.4. The van der Waals surface area contributed by atoms with Crippen LogP contribution >= 0.6 is 0 Å². The predicted molar refractivity (Wildman–Crippen MR) is 65.6 cm³/mol. The number of Topliss-reactive ketones (excluding diaryl/α,β-unsaturated/α-hetero) is 1. The zero-order chi connectivity index (χ0) is 12.3. The van der Waals surface area contributed by atoms with Gasteiger partial charge in [0.2, 0.25) is 0 Å². The Hall–Kier alpha value is -1.22. The number of carbonyl (C=O) groups excluding carboxylic acids is 1. The van der Waals surface area contributed by atoms with E-state index in [0.29, 0.717) is 6.54 Å². The fourth-order valence-electron chi connectivity index (χ4n) is 1.95. The van der Waals surface area contributed by atoms with Crippen molar-refractivity contribution in [2.75, 3.05) is 19.6 Å². The van der Waals surface area contributed by atoms with Gasteiger partial charge in [0.15, 0.2) is 5.78 Å². The molecule has 3 heteroatoms. The summed E-state index contributed by atoms with van der Waals surface area (Å²) in [4.78, 5) is 14.1. The van der Waals surface area contributed by atoms with Gasteiger partial charge in [0, 0.05) is 6.54 Å². The fourth-order valence-corrected chi connectivity index (χ4v) is 1.95. The molecule has 0 radical (unpaired) electrons. The monoisotopic (exact) mass is 235 g/mol. The van der Waals surface area contributed by atoms with Crippen molar-refractivity contribution in [2.24, 2.45) is 5.92 Å². The van der Waals surface area contributed by atoms with E-state index in [-0.39, 0.29) is 11.3 Å². The van der Waals surface area contributed by atoms with E-state index >= 15 is 0 Å². The maximum Gasteiger partial charge on any atom is 0.179 e. The number of carbonyl (C=O) groups is 1. The Bertz CT molecular complexity index is 401. The number of ketones is 1. The van der Waals surface area contributed by atoms with Crippen LogP contribution in [0.5, 0.6) is 0 Å². The highest BCUT2D eigenvalue weighted by atomic mass is 19.1. The van der Waals surface area contributed by atoms with Gasteiger partial charge in [-0.25, -0.2) is 4.39 Å². The first-order chi connectivity index (χ1) is 8.20. The summed E-state index contributed by atoms with van der Waals surface area (Å²) in [5.74, 6) is 0.217. The molecule has 0 N–H and O–H groups in total. The van der Waals surface area contributed by atoms with Crippen LogP contribution in [-0.4, -0.2) is 30.3 Å². The largest absolute Gasteiger partial charge is 0.296 e. The van der Waals surface area contributed by atoms with Crippen molar-refractivity contribution in [1.29, 1.82) is 0 Å². The van der Waals surface area contributed by atoms with E-state index in [2.05, 4.69) is 4.90 Å². The van der Waals surface area contributed by atoms with Crippen molar-refractivity contribution in [3.8, 4) is 0 Å². The molecule has 1 aliphatic rings. The summed E-state index contributed by atoms with van der Waals surface area (Å²) in [7, 11) is 0.